The summed E-state index contributed by atoms with van der Waals surface area (Å²) in [6.07, 6.45) is 3.74. The third-order valence-corrected chi connectivity index (χ3v) is 3.62. The minimum Gasteiger partial charge on any atom is -0.324 e. The predicted molar refractivity (Wildman–Crippen MR) is 91.6 cm³/mol. The van der Waals surface area contributed by atoms with E-state index < -0.39 is 0 Å². The van der Waals surface area contributed by atoms with Crippen molar-refractivity contribution in [1.29, 1.82) is 5.41 Å². The van der Waals surface area contributed by atoms with Gasteiger partial charge < -0.3 is 15.6 Å². The molecule has 1 heterocycles. The molecule has 0 fully saturated rings. The van der Waals surface area contributed by atoms with Crippen LogP contribution in [0.5, 0.6) is 0 Å². The number of nitrogens with one attached hydrogen (secondary N) is 2. The third-order valence-electron chi connectivity index (χ3n) is 3.62. The summed E-state index contributed by atoms with van der Waals surface area (Å²) in [7, 11) is 3.88. The number of nitrogens with zero attached hydrogens (tertiary/aromatic N) is 3. The molecule has 0 spiro atoms. The van der Waals surface area contributed by atoms with Crippen molar-refractivity contribution in [3.8, 4) is 0 Å². The fourth-order valence-corrected chi connectivity index (χ4v) is 1.94. The topological polar surface area (TPSA) is 82.0 Å². The number of Topliss-reactive ketones (excluding diaryl/α,β-unsaturated/α-hetero) is 1. The van der Waals surface area contributed by atoms with Crippen LogP contribution < -0.4 is 5.32 Å². The molecular weight excluding hydrogens is 290 g/mol. The predicted octanol–water partition coefficient (Wildman–Crippen LogP) is 2.76. The molecule has 2 aromatic rings. The Balaban J connectivity index is 2.01. The van der Waals surface area contributed by atoms with Gasteiger partial charge in [0.1, 0.15) is 0 Å². The van der Waals surface area contributed by atoms with Gasteiger partial charge in [0.15, 0.2) is 0 Å². The van der Waals surface area contributed by atoms with Gasteiger partial charge in [-0.3, -0.25) is 4.79 Å². The van der Waals surface area contributed by atoms with Crippen molar-refractivity contribution in [1.82, 2.24) is 14.9 Å². The van der Waals surface area contributed by atoms with E-state index in [1.807, 2.05) is 25.9 Å². The van der Waals surface area contributed by atoms with Crippen molar-refractivity contribution in [2.24, 2.45) is 0 Å². The second kappa shape index (κ2) is 7.60. The molecular formula is C17H21N5O. The molecule has 0 saturated carbocycles. The van der Waals surface area contributed by atoms with Crippen LogP contribution in [0.2, 0.25) is 0 Å². The average Bonchev–Trinajstić information content (AvgIpc) is 2.55. The van der Waals surface area contributed by atoms with E-state index in [0.29, 0.717) is 17.9 Å². The highest BCUT2D eigenvalue weighted by Crippen LogP contribution is 2.15. The molecule has 120 valence electrons. The summed E-state index contributed by atoms with van der Waals surface area (Å²) >= 11 is 0. The SMILES string of the molecule is CC(CC(=N)C(=O)c1ccc(Nc2ncccn2)cc1)N(C)C. The Morgan fingerprint density at radius 3 is 2.39 bits per heavy atom. The van der Waals surface area contributed by atoms with Crippen molar-refractivity contribution < 1.29 is 4.79 Å². The van der Waals surface area contributed by atoms with Crippen LogP contribution in [0.3, 0.4) is 0 Å². The van der Waals surface area contributed by atoms with Crippen LogP contribution in [0.25, 0.3) is 0 Å². The van der Waals surface area contributed by atoms with Crippen molar-refractivity contribution in [2.75, 3.05) is 19.4 Å². The second-order valence-electron chi connectivity index (χ2n) is 5.60. The molecule has 1 atom stereocenters. The first-order valence-electron chi connectivity index (χ1n) is 7.40. The Morgan fingerprint density at radius 2 is 1.83 bits per heavy atom. The Morgan fingerprint density at radius 1 is 1.22 bits per heavy atom. The highest BCUT2D eigenvalue weighted by atomic mass is 16.1. The molecule has 6 heteroatoms. The zero-order chi connectivity index (χ0) is 16.8. The number of aromatic nitrogens is 2. The molecule has 0 aliphatic rings. The van der Waals surface area contributed by atoms with Gasteiger partial charge in [-0.1, -0.05) is 0 Å². The number of carbonyl (C=O) groups excluding carboxylic acids is 1. The minimum atomic E-state index is -0.235. The van der Waals surface area contributed by atoms with Crippen molar-refractivity contribution in [2.45, 2.75) is 19.4 Å². The van der Waals surface area contributed by atoms with Crippen molar-refractivity contribution >= 4 is 23.1 Å². The van der Waals surface area contributed by atoms with E-state index in [0.717, 1.165) is 5.69 Å². The van der Waals surface area contributed by atoms with E-state index in [4.69, 9.17) is 5.41 Å². The summed E-state index contributed by atoms with van der Waals surface area (Å²) in [5.74, 6) is 0.264. The molecule has 1 aromatic carbocycles. The molecule has 0 saturated heterocycles. The number of hydrogen-bond acceptors (Lipinski definition) is 6. The largest absolute Gasteiger partial charge is 0.324 e. The first-order chi connectivity index (χ1) is 11.0. The smallest absolute Gasteiger partial charge is 0.227 e. The van der Waals surface area contributed by atoms with Gasteiger partial charge in [-0.2, -0.15) is 0 Å². The monoisotopic (exact) mass is 311 g/mol. The summed E-state index contributed by atoms with van der Waals surface area (Å²) in [5, 5.41) is 11.0. The molecule has 0 bridgehead atoms. The zero-order valence-electron chi connectivity index (χ0n) is 13.6. The Labute approximate surface area is 136 Å². The van der Waals surface area contributed by atoms with Gasteiger partial charge in [-0.05, 0) is 51.4 Å². The third kappa shape index (κ3) is 4.69. The highest BCUT2D eigenvalue weighted by Gasteiger charge is 2.16. The summed E-state index contributed by atoms with van der Waals surface area (Å²) in [5.41, 5.74) is 1.43. The lowest BCUT2D eigenvalue weighted by atomic mass is 10.0. The van der Waals surface area contributed by atoms with Crippen LogP contribution in [-0.4, -0.2) is 46.5 Å². The van der Waals surface area contributed by atoms with E-state index in [1.54, 1.807) is 42.7 Å². The molecule has 0 aliphatic carbocycles. The molecule has 1 unspecified atom stereocenters. The Bertz CT molecular complexity index is 667. The summed E-state index contributed by atoms with van der Waals surface area (Å²) in [6.45, 7) is 1.99. The van der Waals surface area contributed by atoms with Gasteiger partial charge in [0, 0.05) is 36.1 Å². The first kappa shape index (κ1) is 16.8. The lowest BCUT2D eigenvalue weighted by molar-refractivity contribution is 0.106. The van der Waals surface area contributed by atoms with Crippen molar-refractivity contribution in [3.05, 3.63) is 48.3 Å². The molecule has 0 aliphatic heterocycles. The van der Waals surface area contributed by atoms with E-state index in [2.05, 4.69) is 15.3 Å². The van der Waals surface area contributed by atoms with Crippen molar-refractivity contribution in [3.63, 3.8) is 0 Å². The van der Waals surface area contributed by atoms with Crippen LogP contribution in [-0.2, 0) is 0 Å². The van der Waals surface area contributed by atoms with Crippen LogP contribution in [0.15, 0.2) is 42.7 Å². The lowest BCUT2D eigenvalue weighted by Gasteiger charge is -2.19. The number of rotatable bonds is 7. The van der Waals surface area contributed by atoms with Crippen LogP contribution in [0.1, 0.15) is 23.7 Å². The van der Waals surface area contributed by atoms with Gasteiger partial charge >= 0.3 is 0 Å². The fourth-order valence-electron chi connectivity index (χ4n) is 1.94. The molecule has 2 rings (SSSR count). The number of carbonyl (C=O) groups is 1. The van der Waals surface area contributed by atoms with E-state index in [9.17, 15) is 4.79 Å². The Kier molecular flexibility index (Phi) is 5.54. The van der Waals surface area contributed by atoms with Crippen LogP contribution >= 0.6 is 0 Å². The fraction of sp³-hybridized carbons (Fsp3) is 0.294. The molecule has 2 N–H and O–H groups in total. The molecule has 0 amide bonds. The summed E-state index contributed by atoms with van der Waals surface area (Å²) in [6, 6.07) is 8.89. The molecule has 0 radical (unpaired) electrons. The molecule has 23 heavy (non-hydrogen) atoms. The van der Waals surface area contributed by atoms with Gasteiger partial charge in [-0.15, -0.1) is 0 Å². The maximum absolute atomic E-state index is 12.3. The normalized spacial score (nSPS) is 12.0. The highest BCUT2D eigenvalue weighted by molar-refractivity contribution is 6.45. The summed E-state index contributed by atoms with van der Waals surface area (Å²) in [4.78, 5) is 22.4. The number of ketones is 1. The van der Waals surface area contributed by atoms with Gasteiger partial charge in [0.05, 0.1) is 5.71 Å². The van der Waals surface area contributed by atoms with Crippen LogP contribution in [0.4, 0.5) is 11.6 Å². The van der Waals surface area contributed by atoms with Gasteiger partial charge in [0.25, 0.3) is 0 Å². The van der Waals surface area contributed by atoms with E-state index in [-0.39, 0.29) is 17.5 Å². The van der Waals surface area contributed by atoms with E-state index in [1.165, 1.54) is 0 Å². The standard InChI is InChI=1S/C17H21N5O/c1-12(22(2)3)11-15(18)16(23)13-5-7-14(8-6-13)21-17-19-9-4-10-20-17/h4-10,12,18H,11H2,1-3H3,(H,19,20,21). The first-order valence-corrected chi connectivity index (χ1v) is 7.40. The summed E-state index contributed by atoms with van der Waals surface area (Å²) < 4.78 is 0. The Hall–Kier alpha value is -2.60. The second-order valence-corrected chi connectivity index (χ2v) is 5.60. The van der Waals surface area contributed by atoms with Gasteiger partial charge in [-0.25, -0.2) is 9.97 Å². The maximum atomic E-state index is 12.3. The molecule has 1 aromatic heterocycles. The maximum Gasteiger partial charge on any atom is 0.227 e. The molecule has 6 nitrogen and oxygen atoms in total. The van der Waals surface area contributed by atoms with Gasteiger partial charge in [0.2, 0.25) is 11.7 Å². The van der Waals surface area contributed by atoms with Crippen LogP contribution in [0, 0.1) is 5.41 Å². The number of hydrogen-bond donors (Lipinski definition) is 2. The van der Waals surface area contributed by atoms with E-state index >= 15 is 0 Å². The number of anilines is 2. The number of benzene rings is 1. The zero-order valence-corrected chi connectivity index (χ0v) is 13.6. The quantitative estimate of drug-likeness (QED) is 0.607. The lowest BCUT2D eigenvalue weighted by Crippen LogP contribution is -2.29. The minimum absolute atomic E-state index is 0.123. The average molecular weight is 311 g/mol.